The molecule has 0 atom stereocenters. The van der Waals surface area contributed by atoms with Crippen molar-refractivity contribution < 1.29 is 0 Å². The van der Waals surface area contributed by atoms with Crippen LogP contribution in [0.2, 0.25) is 0 Å². The van der Waals surface area contributed by atoms with E-state index in [4.69, 9.17) is 19.9 Å². The average Bonchev–Trinajstić information content (AvgIpc) is 3.29. The molecule has 0 aliphatic carbocycles. The van der Waals surface area contributed by atoms with Crippen molar-refractivity contribution in [1.29, 1.82) is 0 Å². The largest absolute Gasteiger partial charge is 0.256 e. The second-order valence-electron chi connectivity index (χ2n) is 13.9. The van der Waals surface area contributed by atoms with Gasteiger partial charge in [-0.05, 0) is 62.0 Å². The van der Waals surface area contributed by atoms with Gasteiger partial charge >= 0.3 is 0 Å². The highest BCUT2D eigenvalue weighted by atomic mass is 15.0. The van der Waals surface area contributed by atoms with Gasteiger partial charge in [0.15, 0.2) is 17.5 Å². The van der Waals surface area contributed by atoms with Crippen LogP contribution < -0.4 is 0 Å². The normalized spacial score (nSPS) is 11.2. The highest BCUT2D eigenvalue weighted by Gasteiger charge is 2.14. The number of rotatable bonds is 7. The number of benzene rings is 8. The van der Waals surface area contributed by atoms with E-state index in [0.29, 0.717) is 17.5 Å². The molecule has 262 valence electrons. The molecule has 0 unspecified atom stereocenters. The number of hydrogen-bond donors (Lipinski definition) is 0. The van der Waals surface area contributed by atoms with E-state index in [9.17, 15) is 0 Å². The monoisotopic (exact) mass is 714 g/mol. The second-order valence-corrected chi connectivity index (χ2v) is 13.9. The molecule has 0 N–H and O–H groups in total. The van der Waals surface area contributed by atoms with E-state index in [-0.39, 0.29) is 0 Å². The van der Waals surface area contributed by atoms with E-state index in [2.05, 4.69) is 188 Å². The third-order valence-corrected chi connectivity index (χ3v) is 10.4. The first-order valence-electron chi connectivity index (χ1n) is 18.8. The van der Waals surface area contributed by atoms with Crippen LogP contribution in [-0.2, 0) is 0 Å². The number of hydrogen-bond acceptors (Lipinski definition) is 4. The first kappa shape index (κ1) is 33.0. The van der Waals surface area contributed by atoms with Crippen LogP contribution in [0.25, 0.3) is 100 Å². The van der Waals surface area contributed by atoms with E-state index in [1.165, 1.54) is 16.5 Å². The molecule has 2 heterocycles. The van der Waals surface area contributed by atoms with Gasteiger partial charge in [0.25, 0.3) is 0 Å². The van der Waals surface area contributed by atoms with Crippen molar-refractivity contribution in [2.75, 3.05) is 0 Å². The fraction of sp³-hybridized carbons (Fsp3) is 0. The minimum absolute atomic E-state index is 0.626. The quantitative estimate of drug-likeness (QED) is 0.154. The van der Waals surface area contributed by atoms with E-state index in [1.807, 2.05) is 18.3 Å². The van der Waals surface area contributed by atoms with Gasteiger partial charge in [-0.1, -0.05) is 188 Å². The van der Waals surface area contributed by atoms with E-state index in [1.54, 1.807) is 0 Å². The summed E-state index contributed by atoms with van der Waals surface area (Å²) < 4.78 is 0. The maximum Gasteiger partial charge on any atom is 0.164 e. The summed E-state index contributed by atoms with van der Waals surface area (Å²) in [6, 6.07) is 69.8. The molecule has 0 aliphatic heterocycles. The molecule has 0 saturated carbocycles. The van der Waals surface area contributed by atoms with Crippen molar-refractivity contribution in [3.63, 3.8) is 0 Å². The third kappa shape index (κ3) is 6.50. The SMILES string of the molecule is c1ccc(-c2ccc(-c3nc(-c4ccc(-c5ccccc5)cc4)nc(-c4ccc(-c5cccc(-c6ccc7c(c6)ncc6ccccc67)c5)cc4)n3)cc2)cc1. The predicted molar refractivity (Wildman–Crippen MR) is 231 cm³/mol. The molecule has 0 bridgehead atoms. The van der Waals surface area contributed by atoms with Crippen LogP contribution >= 0.6 is 0 Å². The number of nitrogens with zero attached hydrogens (tertiary/aromatic N) is 4. The molecule has 0 fully saturated rings. The van der Waals surface area contributed by atoms with Gasteiger partial charge in [-0.2, -0.15) is 0 Å². The van der Waals surface area contributed by atoms with Crippen molar-refractivity contribution in [1.82, 2.24) is 19.9 Å². The molecule has 8 aromatic carbocycles. The maximum absolute atomic E-state index is 5.04. The molecule has 4 heteroatoms. The van der Waals surface area contributed by atoms with Crippen LogP contribution in [-0.4, -0.2) is 19.9 Å². The Morgan fingerprint density at radius 3 is 1.16 bits per heavy atom. The Morgan fingerprint density at radius 2 is 0.625 bits per heavy atom. The molecular weight excluding hydrogens is 681 g/mol. The standard InChI is InChI=1S/C52H34N4/c1-3-10-35(11-4-1)37-18-24-40(25-19-37)50-54-51(41-26-20-38(21-27-41)36-12-5-2-6-13-36)56-52(55-50)42-28-22-39(23-29-42)43-15-9-16-44(32-43)45-30-31-48-47-17-8-7-14-46(47)34-53-49(48)33-45/h1-34H. The molecule has 0 radical (unpaired) electrons. The topological polar surface area (TPSA) is 51.6 Å². The molecule has 0 spiro atoms. The Balaban J connectivity index is 0.988. The van der Waals surface area contributed by atoms with Crippen LogP contribution in [0.4, 0.5) is 0 Å². The first-order valence-corrected chi connectivity index (χ1v) is 18.8. The van der Waals surface area contributed by atoms with Crippen LogP contribution in [0.1, 0.15) is 0 Å². The molecule has 56 heavy (non-hydrogen) atoms. The molecule has 0 amide bonds. The Kier molecular flexibility index (Phi) is 8.47. The molecule has 0 saturated heterocycles. The summed E-state index contributed by atoms with van der Waals surface area (Å²) in [6.45, 7) is 0. The molecular formula is C52H34N4. The average molecular weight is 715 g/mol. The van der Waals surface area contributed by atoms with Crippen LogP contribution in [0, 0.1) is 0 Å². The van der Waals surface area contributed by atoms with Crippen molar-refractivity contribution in [3.8, 4) is 78.7 Å². The van der Waals surface area contributed by atoms with Crippen LogP contribution in [0.5, 0.6) is 0 Å². The van der Waals surface area contributed by atoms with Gasteiger partial charge in [0.1, 0.15) is 0 Å². The summed E-state index contributed by atoms with van der Waals surface area (Å²) >= 11 is 0. The molecule has 0 aliphatic rings. The summed E-state index contributed by atoms with van der Waals surface area (Å²) in [5.74, 6) is 1.89. The minimum Gasteiger partial charge on any atom is -0.256 e. The summed E-state index contributed by atoms with van der Waals surface area (Å²) in [6.07, 6.45) is 1.96. The zero-order chi connectivity index (χ0) is 37.3. The Bertz CT molecular complexity index is 2880. The Hall–Kier alpha value is -7.56. The molecule has 10 aromatic rings. The smallest absolute Gasteiger partial charge is 0.164 e. The number of fused-ring (bicyclic) bond motifs is 3. The summed E-state index contributed by atoms with van der Waals surface area (Å²) in [5.41, 5.74) is 12.9. The van der Waals surface area contributed by atoms with E-state index < -0.39 is 0 Å². The third-order valence-electron chi connectivity index (χ3n) is 10.4. The summed E-state index contributed by atoms with van der Waals surface area (Å²) in [5, 5.41) is 3.53. The van der Waals surface area contributed by atoms with Crippen LogP contribution in [0.3, 0.4) is 0 Å². The highest BCUT2D eigenvalue weighted by molar-refractivity contribution is 6.06. The lowest BCUT2D eigenvalue weighted by Crippen LogP contribution is -2.00. The van der Waals surface area contributed by atoms with Gasteiger partial charge in [0.05, 0.1) is 5.52 Å². The zero-order valence-electron chi connectivity index (χ0n) is 30.4. The lowest BCUT2D eigenvalue weighted by atomic mass is 9.97. The molecule has 10 rings (SSSR count). The lowest BCUT2D eigenvalue weighted by molar-refractivity contribution is 1.07. The van der Waals surface area contributed by atoms with Crippen LogP contribution in [0.15, 0.2) is 206 Å². The maximum atomic E-state index is 5.04. The predicted octanol–water partition coefficient (Wildman–Crippen LogP) is 13.2. The first-order chi connectivity index (χ1) is 27.7. The van der Waals surface area contributed by atoms with Gasteiger partial charge in [-0.3, -0.25) is 4.98 Å². The zero-order valence-corrected chi connectivity index (χ0v) is 30.4. The van der Waals surface area contributed by atoms with Gasteiger partial charge in [0.2, 0.25) is 0 Å². The van der Waals surface area contributed by atoms with Gasteiger partial charge in [-0.15, -0.1) is 0 Å². The molecule has 4 nitrogen and oxygen atoms in total. The fourth-order valence-corrected chi connectivity index (χ4v) is 7.38. The van der Waals surface area contributed by atoms with Gasteiger partial charge in [-0.25, -0.2) is 15.0 Å². The fourth-order valence-electron chi connectivity index (χ4n) is 7.38. The molecule has 2 aromatic heterocycles. The van der Waals surface area contributed by atoms with E-state index >= 15 is 0 Å². The van der Waals surface area contributed by atoms with Crippen molar-refractivity contribution in [2.45, 2.75) is 0 Å². The highest BCUT2D eigenvalue weighted by Crippen LogP contribution is 2.33. The van der Waals surface area contributed by atoms with Crippen molar-refractivity contribution >= 4 is 21.7 Å². The minimum atomic E-state index is 0.626. The second kappa shape index (κ2) is 14.3. The number of aromatic nitrogens is 4. The Morgan fingerprint density at radius 1 is 0.250 bits per heavy atom. The number of pyridine rings is 1. The summed E-state index contributed by atoms with van der Waals surface area (Å²) in [4.78, 5) is 19.9. The van der Waals surface area contributed by atoms with Gasteiger partial charge in [0, 0.05) is 33.7 Å². The van der Waals surface area contributed by atoms with Gasteiger partial charge < -0.3 is 0 Å². The lowest BCUT2D eigenvalue weighted by Gasteiger charge is -2.11. The Labute approximate surface area is 325 Å². The van der Waals surface area contributed by atoms with E-state index in [0.717, 1.165) is 66.4 Å². The van der Waals surface area contributed by atoms with Crippen molar-refractivity contribution in [2.24, 2.45) is 0 Å². The summed E-state index contributed by atoms with van der Waals surface area (Å²) in [7, 11) is 0. The van der Waals surface area contributed by atoms with Crippen molar-refractivity contribution in [3.05, 3.63) is 206 Å².